The summed E-state index contributed by atoms with van der Waals surface area (Å²) < 4.78 is 4.57. The molecular weight excluding hydrogens is 278 g/mol. The molecule has 0 fully saturated rings. The van der Waals surface area contributed by atoms with Crippen molar-refractivity contribution < 1.29 is 24.2 Å². The molecule has 8 nitrogen and oxygen atoms in total. The number of nitrogens with zero attached hydrogens (tertiary/aromatic N) is 2. The highest BCUT2D eigenvalue weighted by Gasteiger charge is 2.21. The molecule has 0 radical (unpaired) electrons. The zero-order valence-electron chi connectivity index (χ0n) is 12.2. The number of aliphatic carboxylic acids is 1. The zero-order chi connectivity index (χ0) is 16.0. The summed E-state index contributed by atoms with van der Waals surface area (Å²) in [5, 5.41) is 14.9. The van der Waals surface area contributed by atoms with Crippen molar-refractivity contribution in [2.75, 3.05) is 20.1 Å². The number of carbonyl (C=O) groups excluding carboxylic acids is 2. The normalized spacial score (nSPS) is 15.9. The van der Waals surface area contributed by atoms with E-state index in [1.165, 1.54) is 6.08 Å². The van der Waals surface area contributed by atoms with E-state index < -0.39 is 23.9 Å². The number of rotatable bonds is 6. The van der Waals surface area contributed by atoms with Crippen LogP contribution in [-0.4, -0.2) is 59.2 Å². The third-order valence-electron chi connectivity index (χ3n) is 2.67. The molecule has 1 amide bonds. The van der Waals surface area contributed by atoms with Gasteiger partial charge in [-0.15, -0.1) is 0 Å². The molecule has 0 saturated heterocycles. The maximum absolute atomic E-state index is 11.6. The fraction of sp³-hybridized carbons (Fsp3) is 0.462. The number of hydrogen-bond donors (Lipinski definition) is 2. The number of carboxylic acids is 1. The summed E-state index contributed by atoms with van der Waals surface area (Å²) >= 11 is 0. The van der Waals surface area contributed by atoms with Crippen LogP contribution in [0.4, 0.5) is 0 Å². The Hall–Kier alpha value is -2.51. The quantitative estimate of drug-likeness (QED) is 0.513. The van der Waals surface area contributed by atoms with Gasteiger partial charge in [-0.25, -0.2) is 4.79 Å². The Bertz CT molecular complexity index is 486. The summed E-state index contributed by atoms with van der Waals surface area (Å²) in [4.78, 5) is 33.2. The first-order valence-electron chi connectivity index (χ1n) is 6.32. The molecule has 8 heteroatoms. The van der Waals surface area contributed by atoms with Crippen LogP contribution in [0.3, 0.4) is 0 Å². The van der Waals surface area contributed by atoms with Crippen molar-refractivity contribution in [3.8, 4) is 0 Å². The molecule has 1 aliphatic rings. The number of ether oxygens (including phenoxy) is 1. The number of esters is 1. The van der Waals surface area contributed by atoms with Crippen molar-refractivity contribution >= 4 is 17.8 Å². The van der Waals surface area contributed by atoms with Gasteiger partial charge in [-0.3, -0.25) is 19.6 Å². The number of hydrazine groups is 1. The molecule has 1 aliphatic heterocycles. The number of carbonyl (C=O) groups is 3. The SMILES string of the molecule is CC(=O)O[C@@H](CNC(=O)/C=C/N1CC(C)=CN1C)C(=O)O. The number of hydrogen-bond acceptors (Lipinski definition) is 6. The van der Waals surface area contributed by atoms with Crippen LogP contribution in [0, 0.1) is 0 Å². The van der Waals surface area contributed by atoms with E-state index in [0.717, 1.165) is 12.5 Å². The highest BCUT2D eigenvalue weighted by atomic mass is 16.6. The molecule has 2 N–H and O–H groups in total. The van der Waals surface area contributed by atoms with Crippen LogP contribution >= 0.6 is 0 Å². The second-order valence-electron chi connectivity index (χ2n) is 4.64. The third kappa shape index (κ3) is 5.55. The topological polar surface area (TPSA) is 99.2 Å². The minimum atomic E-state index is -1.39. The summed E-state index contributed by atoms with van der Waals surface area (Å²) in [6, 6.07) is 0. The van der Waals surface area contributed by atoms with Gasteiger partial charge in [-0.2, -0.15) is 0 Å². The lowest BCUT2D eigenvalue weighted by Crippen LogP contribution is -2.39. The van der Waals surface area contributed by atoms with Gasteiger partial charge >= 0.3 is 11.9 Å². The standard InChI is InChI=1S/C13H19N3O5/c1-9-7-15(3)16(8-9)5-4-12(18)14-6-11(13(19)20)21-10(2)17/h4-5,7,11H,6,8H2,1-3H3,(H,14,18)(H,19,20)/b5-4+/t11-/m0/s1. The number of carboxylic acid groups (broad SMARTS) is 1. The van der Waals surface area contributed by atoms with Gasteiger partial charge in [-0.1, -0.05) is 0 Å². The van der Waals surface area contributed by atoms with Crippen LogP contribution in [0.2, 0.25) is 0 Å². The van der Waals surface area contributed by atoms with Crippen molar-refractivity contribution in [1.29, 1.82) is 0 Å². The van der Waals surface area contributed by atoms with E-state index in [0.29, 0.717) is 6.54 Å². The summed E-state index contributed by atoms with van der Waals surface area (Å²) in [6.45, 7) is 3.48. The van der Waals surface area contributed by atoms with E-state index in [2.05, 4.69) is 10.1 Å². The van der Waals surface area contributed by atoms with Crippen molar-refractivity contribution in [1.82, 2.24) is 15.3 Å². The molecule has 0 spiro atoms. The van der Waals surface area contributed by atoms with E-state index in [1.54, 1.807) is 6.20 Å². The van der Waals surface area contributed by atoms with Crippen molar-refractivity contribution in [2.24, 2.45) is 0 Å². The van der Waals surface area contributed by atoms with Crippen molar-refractivity contribution in [3.05, 3.63) is 24.0 Å². The fourth-order valence-corrected chi connectivity index (χ4v) is 1.74. The van der Waals surface area contributed by atoms with E-state index >= 15 is 0 Å². The Balaban J connectivity index is 2.43. The minimum absolute atomic E-state index is 0.287. The second kappa shape index (κ2) is 7.32. The molecule has 0 aliphatic carbocycles. The van der Waals surface area contributed by atoms with Gasteiger partial charge in [0, 0.05) is 32.4 Å². The third-order valence-corrected chi connectivity index (χ3v) is 2.67. The van der Waals surface area contributed by atoms with Crippen molar-refractivity contribution in [3.63, 3.8) is 0 Å². The molecule has 1 atom stereocenters. The molecular formula is C13H19N3O5. The Morgan fingerprint density at radius 1 is 1.52 bits per heavy atom. The Kier molecular flexibility index (Phi) is 5.77. The van der Waals surface area contributed by atoms with Gasteiger partial charge < -0.3 is 15.2 Å². The van der Waals surface area contributed by atoms with Gasteiger partial charge in [0.05, 0.1) is 13.1 Å². The number of nitrogens with one attached hydrogen (secondary N) is 1. The molecule has 1 rings (SSSR count). The summed E-state index contributed by atoms with van der Waals surface area (Å²) in [5.74, 6) is -2.49. The molecule has 0 aromatic rings. The molecule has 0 aromatic carbocycles. The minimum Gasteiger partial charge on any atom is -0.478 e. The Morgan fingerprint density at radius 3 is 2.67 bits per heavy atom. The van der Waals surface area contributed by atoms with Crippen LogP contribution < -0.4 is 5.32 Å². The molecule has 21 heavy (non-hydrogen) atoms. The summed E-state index contributed by atoms with van der Waals surface area (Å²) in [6.07, 6.45) is 3.42. The van der Waals surface area contributed by atoms with Crippen molar-refractivity contribution in [2.45, 2.75) is 20.0 Å². The number of amides is 1. The molecule has 116 valence electrons. The van der Waals surface area contributed by atoms with Gasteiger partial charge in [0.2, 0.25) is 12.0 Å². The van der Waals surface area contributed by atoms with E-state index in [9.17, 15) is 14.4 Å². The first-order chi connectivity index (χ1) is 9.79. The average Bonchev–Trinajstić information content (AvgIpc) is 2.69. The first-order valence-corrected chi connectivity index (χ1v) is 6.32. The van der Waals surface area contributed by atoms with Gasteiger partial charge in [0.15, 0.2) is 0 Å². The predicted molar refractivity (Wildman–Crippen MR) is 73.6 cm³/mol. The summed E-state index contributed by atoms with van der Waals surface area (Å²) in [7, 11) is 1.85. The molecule has 0 bridgehead atoms. The van der Waals surface area contributed by atoms with E-state index in [-0.39, 0.29) is 6.54 Å². The second-order valence-corrected chi connectivity index (χ2v) is 4.64. The van der Waals surface area contributed by atoms with Crippen LogP contribution in [0.1, 0.15) is 13.8 Å². The maximum Gasteiger partial charge on any atom is 0.346 e. The fourth-order valence-electron chi connectivity index (χ4n) is 1.74. The van der Waals surface area contributed by atoms with E-state index in [4.69, 9.17) is 5.11 Å². The van der Waals surface area contributed by atoms with Gasteiger partial charge in [0.25, 0.3) is 0 Å². The first kappa shape index (κ1) is 16.5. The lowest BCUT2D eigenvalue weighted by atomic mass is 10.3. The predicted octanol–water partition coefficient (Wildman–Crippen LogP) is -0.301. The average molecular weight is 297 g/mol. The molecule has 1 heterocycles. The van der Waals surface area contributed by atoms with Crippen LogP contribution in [0.5, 0.6) is 0 Å². The Morgan fingerprint density at radius 2 is 2.19 bits per heavy atom. The Labute approximate surface area is 122 Å². The molecule has 0 unspecified atom stereocenters. The van der Waals surface area contributed by atoms with Crippen LogP contribution in [-0.2, 0) is 19.1 Å². The monoisotopic (exact) mass is 297 g/mol. The smallest absolute Gasteiger partial charge is 0.346 e. The highest BCUT2D eigenvalue weighted by Crippen LogP contribution is 2.11. The maximum atomic E-state index is 11.6. The van der Waals surface area contributed by atoms with Crippen LogP contribution in [0.15, 0.2) is 24.0 Å². The largest absolute Gasteiger partial charge is 0.478 e. The van der Waals surface area contributed by atoms with Crippen LogP contribution in [0.25, 0.3) is 0 Å². The molecule has 0 aromatic heterocycles. The van der Waals surface area contributed by atoms with Gasteiger partial charge in [-0.05, 0) is 12.5 Å². The summed E-state index contributed by atoms with van der Waals surface area (Å²) in [5.41, 5.74) is 1.16. The lowest BCUT2D eigenvalue weighted by Gasteiger charge is -2.22. The zero-order valence-corrected chi connectivity index (χ0v) is 12.2. The lowest BCUT2D eigenvalue weighted by molar-refractivity contribution is -0.162. The van der Waals surface area contributed by atoms with E-state index in [1.807, 2.05) is 30.2 Å². The highest BCUT2D eigenvalue weighted by molar-refractivity contribution is 5.88. The van der Waals surface area contributed by atoms with Gasteiger partial charge in [0.1, 0.15) is 0 Å². The molecule has 0 saturated carbocycles.